The van der Waals surface area contributed by atoms with Crippen LogP contribution in [0.25, 0.3) is 0 Å². The molecule has 0 saturated carbocycles. The third kappa shape index (κ3) is 7.05. The van der Waals surface area contributed by atoms with Crippen LogP contribution in [-0.4, -0.2) is 55.6 Å². The fourth-order valence-electron chi connectivity index (χ4n) is 3.32. The first-order valence-electron chi connectivity index (χ1n) is 10.6. The average molecular weight is 441 g/mol. The molecule has 1 aromatic heterocycles. The normalized spacial score (nSPS) is 15.1. The lowest BCUT2D eigenvalue weighted by molar-refractivity contribution is -0.125. The molecule has 9 nitrogen and oxygen atoms in total. The van der Waals surface area contributed by atoms with Gasteiger partial charge in [0.15, 0.2) is 0 Å². The van der Waals surface area contributed by atoms with E-state index in [2.05, 4.69) is 15.6 Å². The molecule has 2 N–H and O–H groups in total. The molecule has 2 heterocycles. The summed E-state index contributed by atoms with van der Waals surface area (Å²) in [6.45, 7) is 0.966. The lowest BCUT2D eigenvalue weighted by Gasteiger charge is -2.23. The van der Waals surface area contributed by atoms with Crippen LogP contribution >= 0.6 is 0 Å². The van der Waals surface area contributed by atoms with Crippen LogP contribution in [0.4, 0.5) is 11.5 Å². The van der Waals surface area contributed by atoms with Crippen LogP contribution < -0.4 is 20.3 Å². The summed E-state index contributed by atoms with van der Waals surface area (Å²) in [7, 11) is 1.55. The Bertz CT molecular complexity index is 898. The second kappa shape index (κ2) is 11.8. The fourth-order valence-corrected chi connectivity index (χ4v) is 3.32. The van der Waals surface area contributed by atoms with Gasteiger partial charge in [-0.3, -0.25) is 14.4 Å². The molecular weight excluding hydrogens is 412 g/mol. The number of ether oxygens (including phenoxy) is 2. The number of rotatable bonds is 10. The second-order valence-electron chi connectivity index (χ2n) is 7.38. The van der Waals surface area contributed by atoms with Crippen molar-refractivity contribution in [2.24, 2.45) is 0 Å². The number of methoxy groups -OCH3 is 1. The van der Waals surface area contributed by atoms with Crippen LogP contribution in [0.1, 0.15) is 25.7 Å². The smallest absolute Gasteiger partial charge is 0.240 e. The van der Waals surface area contributed by atoms with E-state index in [1.54, 1.807) is 55.8 Å². The highest BCUT2D eigenvalue weighted by atomic mass is 16.5. The number of pyridine rings is 1. The van der Waals surface area contributed by atoms with Crippen LogP contribution in [0, 0.1) is 0 Å². The lowest BCUT2D eigenvalue weighted by atomic mass is 10.2. The molecule has 2 aromatic rings. The monoisotopic (exact) mass is 440 g/mol. The number of hydrogen-bond acceptors (Lipinski definition) is 6. The number of aromatic nitrogens is 1. The zero-order chi connectivity index (χ0) is 22.8. The first kappa shape index (κ1) is 23.2. The summed E-state index contributed by atoms with van der Waals surface area (Å²) in [5.41, 5.74) is 0.549. The predicted octanol–water partition coefficient (Wildman–Crippen LogP) is 2.14. The molecule has 1 saturated heterocycles. The van der Waals surface area contributed by atoms with E-state index in [0.717, 1.165) is 12.8 Å². The highest BCUT2D eigenvalue weighted by molar-refractivity contribution is 6.01. The van der Waals surface area contributed by atoms with Crippen molar-refractivity contribution in [3.63, 3.8) is 0 Å². The maximum atomic E-state index is 12.9. The molecule has 0 unspecified atom stereocenters. The van der Waals surface area contributed by atoms with Crippen molar-refractivity contribution in [2.45, 2.75) is 31.8 Å². The minimum absolute atomic E-state index is 0.0133. The van der Waals surface area contributed by atoms with Gasteiger partial charge in [-0.15, -0.1) is 0 Å². The van der Waals surface area contributed by atoms with Crippen LogP contribution in [-0.2, 0) is 19.1 Å². The SMILES string of the molecule is COc1ccc(N(CC(=O)NC[C@@H]2CCCO2)C(=O)CCC(=O)Nc2ccccn2)cc1. The molecule has 0 aliphatic carbocycles. The largest absolute Gasteiger partial charge is 0.497 e. The van der Waals surface area contributed by atoms with Gasteiger partial charge in [0.05, 0.1) is 13.2 Å². The number of nitrogens with one attached hydrogen (secondary N) is 2. The minimum atomic E-state index is -0.335. The van der Waals surface area contributed by atoms with E-state index in [1.807, 2.05) is 0 Å². The molecule has 1 aromatic carbocycles. The number of benzene rings is 1. The molecule has 170 valence electrons. The molecule has 32 heavy (non-hydrogen) atoms. The molecule has 0 radical (unpaired) electrons. The van der Waals surface area contributed by atoms with Gasteiger partial charge < -0.3 is 25.0 Å². The Morgan fingerprint density at radius 3 is 2.59 bits per heavy atom. The van der Waals surface area contributed by atoms with Crippen LogP contribution in [0.15, 0.2) is 48.7 Å². The zero-order valence-corrected chi connectivity index (χ0v) is 18.1. The van der Waals surface area contributed by atoms with Gasteiger partial charge in [-0.05, 0) is 49.2 Å². The summed E-state index contributed by atoms with van der Waals surface area (Å²) in [5.74, 6) is 0.111. The van der Waals surface area contributed by atoms with Crippen molar-refractivity contribution in [1.82, 2.24) is 10.3 Å². The van der Waals surface area contributed by atoms with Crippen molar-refractivity contribution in [3.8, 4) is 5.75 Å². The van der Waals surface area contributed by atoms with E-state index in [4.69, 9.17) is 9.47 Å². The highest BCUT2D eigenvalue weighted by Gasteiger charge is 2.22. The topological polar surface area (TPSA) is 110 Å². The first-order chi connectivity index (χ1) is 15.5. The molecule has 3 amide bonds. The summed E-state index contributed by atoms with van der Waals surface area (Å²) in [6.07, 6.45) is 3.40. The standard InChI is InChI=1S/C23H28N4O5/c1-31-18-9-7-17(8-10-18)27(16-22(29)25-15-19-5-4-14-32-19)23(30)12-11-21(28)26-20-6-2-3-13-24-20/h2-3,6-10,13,19H,4-5,11-12,14-16H2,1H3,(H,25,29)(H,24,26,28)/t19-/m0/s1. The van der Waals surface area contributed by atoms with Gasteiger partial charge in [0.25, 0.3) is 0 Å². The number of amides is 3. The molecular formula is C23H28N4O5. The fraction of sp³-hybridized carbons (Fsp3) is 0.391. The Labute approximate surface area is 187 Å². The third-order valence-electron chi connectivity index (χ3n) is 5.04. The molecule has 0 bridgehead atoms. The molecule has 0 spiro atoms. The van der Waals surface area contributed by atoms with E-state index in [0.29, 0.717) is 30.4 Å². The molecule has 1 aliphatic heterocycles. The van der Waals surface area contributed by atoms with Gasteiger partial charge >= 0.3 is 0 Å². The van der Waals surface area contributed by atoms with Crippen molar-refractivity contribution in [2.75, 3.05) is 37.0 Å². The van der Waals surface area contributed by atoms with Crippen molar-refractivity contribution >= 4 is 29.2 Å². The number of hydrogen-bond donors (Lipinski definition) is 2. The maximum absolute atomic E-state index is 12.9. The second-order valence-corrected chi connectivity index (χ2v) is 7.38. The summed E-state index contributed by atoms with van der Waals surface area (Å²) >= 11 is 0. The lowest BCUT2D eigenvalue weighted by Crippen LogP contribution is -2.43. The number of anilines is 2. The average Bonchev–Trinajstić information content (AvgIpc) is 3.34. The van der Waals surface area contributed by atoms with Crippen molar-refractivity contribution in [1.29, 1.82) is 0 Å². The van der Waals surface area contributed by atoms with E-state index < -0.39 is 0 Å². The quantitative estimate of drug-likeness (QED) is 0.586. The van der Waals surface area contributed by atoms with Crippen LogP contribution in [0.3, 0.4) is 0 Å². The van der Waals surface area contributed by atoms with Crippen LogP contribution in [0.2, 0.25) is 0 Å². The Balaban J connectivity index is 1.60. The molecule has 1 fully saturated rings. The van der Waals surface area contributed by atoms with E-state index in [1.165, 1.54) is 4.90 Å². The number of carbonyl (C=O) groups excluding carboxylic acids is 3. The Kier molecular flexibility index (Phi) is 8.56. The van der Waals surface area contributed by atoms with Crippen molar-refractivity contribution < 1.29 is 23.9 Å². The molecule has 3 rings (SSSR count). The molecule has 1 aliphatic rings. The summed E-state index contributed by atoms with van der Waals surface area (Å²) in [5, 5.41) is 5.48. The van der Waals surface area contributed by atoms with Gasteiger partial charge in [-0.1, -0.05) is 6.07 Å². The van der Waals surface area contributed by atoms with Crippen LogP contribution in [0.5, 0.6) is 5.75 Å². The predicted molar refractivity (Wildman–Crippen MR) is 119 cm³/mol. The molecule has 9 heteroatoms. The van der Waals surface area contributed by atoms with Gasteiger partial charge in [-0.2, -0.15) is 0 Å². The summed E-state index contributed by atoms with van der Waals surface area (Å²) in [4.78, 5) is 43.1. The van der Waals surface area contributed by atoms with E-state index in [9.17, 15) is 14.4 Å². The summed E-state index contributed by atoms with van der Waals surface area (Å²) < 4.78 is 10.7. The van der Waals surface area contributed by atoms with Crippen molar-refractivity contribution in [3.05, 3.63) is 48.7 Å². The van der Waals surface area contributed by atoms with Gasteiger partial charge in [-0.25, -0.2) is 4.98 Å². The minimum Gasteiger partial charge on any atom is -0.497 e. The number of carbonyl (C=O) groups is 3. The number of nitrogens with zero attached hydrogens (tertiary/aromatic N) is 2. The Hall–Kier alpha value is -3.46. The first-order valence-corrected chi connectivity index (χ1v) is 10.6. The zero-order valence-electron chi connectivity index (χ0n) is 18.1. The van der Waals surface area contributed by atoms with Gasteiger partial charge in [0, 0.05) is 37.9 Å². The van der Waals surface area contributed by atoms with Gasteiger partial charge in [0.1, 0.15) is 18.1 Å². The van der Waals surface area contributed by atoms with E-state index >= 15 is 0 Å². The molecule has 1 atom stereocenters. The summed E-state index contributed by atoms with van der Waals surface area (Å²) in [6, 6.07) is 12.0. The Morgan fingerprint density at radius 2 is 1.94 bits per heavy atom. The highest BCUT2D eigenvalue weighted by Crippen LogP contribution is 2.20. The van der Waals surface area contributed by atoms with E-state index in [-0.39, 0.29) is 43.2 Å². The third-order valence-corrected chi connectivity index (χ3v) is 5.04. The van der Waals surface area contributed by atoms with Gasteiger partial charge in [0.2, 0.25) is 17.7 Å². The Morgan fingerprint density at radius 1 is 1.12 bits per heavy atom. The maximum Gasteiger partial charge on any atom is 0.240 e.